The Hall–Kier alpha value is -2.70. The Morgan fingerprint density at radius 3 is 2.67 bits per heavy atom. The zero-order chi connectivity index (χ0) is 17.1. The van der Waals surface area contributed by atoms with E-state index in [-0.39, 0.29) is 30.2 Å². The average molecular weight is 327 g/mol. The van der Waals surface area contributed by atoms with Gasteiger partial charge in [-0.1, -0.05) is 12.1 Å². The van der Waals surface area contributed by atoms with Crippen molar-refractivity contribution >= 4 is 17.5 Å². The summed E-state index contributed by atoms with van der Waals surface area (Å²) < 4.78 is 1.73. The SMILES string of the molecule is CC(C)N1CC(C(=O)Nc2ccc(Cn3cncn3)cc2)CC1=O. The number of carbonyl (C=O) groups is 2. The van der Waals surface area contributed by atoms with E-state index in [2.05, 4.69) is 15.4 Å². The van der Waals surface area contributed by atoms with Crippen LogP contribution in [0.1, 0.15) is 25.8 Å². The van der Waals surface area contributed by atoms with Gasteiger partial charge in [0.05, 0.1) is 12.5 Å². The normalized spacial score (nSPS) is 17.5. The van der Waals surface area contributed by atoms with Crippen LogP contribution in [-0.4, -0.2) is 44.1 Å². The monoisotopic (exact) mass is 327 g/mol. The van der Waals surface area contributed by atoms with Gasteiger partial charge in [-0.25, -0.2) is 9.67 Å². The lowest BCUT2D eigenvalue weighted by atomic mass is 10.1. The van der Waals surface area contributed by atoms with Gasteiger partial charge in [-0.15, -0.1) is 0 Å². The van der Waals surface area contributed by atoms with Crippen molar-refractivity contribution in [1.82, 2.24) is 19.7 Å². The molecule has 0 radical (unpaired) electrons. The van der Waals surface area contributed by atoms with Gasteiger partial charge in [0.2, 0.25) is 11.8 Å². The maximum absolute atomic E-state index is 12.4. The Kier molecular flexibility index (Phi) is 4.59. The molecule has 1 saturated heterocycles. The van der Waals surface area contributed by atoms with E-state index in [4.69, 9.17) is 0 Å². The van der Waals surface area contributed by atoms with Crippen LogP contribution in [0.25, 0.3) is 0 Å². The van der Waals surface area contributed by atoms with Crippen LogP contribution in [-0.2, 0) is 16.1 Å². The van der Waals surface area contributed by atoms with Gasteiger partial charge in [0.1, 0.15) is 12.7 Å². The highest BCUT2D eigenvalue weighted by Gasteiger charge is 2.35. The van der Waals surface area contributed by atoms with E-state index in [9.17, 15) is 9.59 Å². The summed E-state index contributed by atoms with van der Waals surface area (Å²) in [7, 11) is 0. The van der Waals surface area contributed by atoms with E-state index in [0.29, 0.717) is 13.1 Å². The second kappa shape index (κ2) is 6.82. The minimum Gasteiger partial charge on any atom is -0.339 e. The van der Waals surface area contributed by atoms with Crippen LogP contribution in [0.5, 0.6) is 0 Å². The van der Waals surface area contributed by atoms with E-state index in [1.54, 1.807) is 15.9 Å². The highest BCUT2D eigenvalue weighted by molar-refractivity contribution is 5.97. The fourth-order valence-electron chi connectivity index (χ4n) is 2.85. The highest BCUT2D eigenvalue weighted by atomic mass is 16.2. The Balaban J connectivity index is 1.58. The standard InChI is InChI=1S/C17H21N5O2/c1-12(2)22-9-14(7-16(22)23)17(24)20-15-5-3-13(4-6-15)8-21-11-18-10-19-21/h3-6,10-12,14H,7-9H2,1-2H3,(H,20,24). The van der Waals surface area contributed by atoms with Crippen LogP contribution in [0.4, 0.5) is 5.69 Å². The summed E-state index contributed by atoms with van der Waals surface area (Å²) >= 11 is 0. The van der Waals surface area contributed by atoms with Crippen molar-refractivity contribution in [2.45, 2.75) is 32.9 Å². The van der Waals surface area contributed by atoms with Crippen molar-refractivity contribution in [2.24, 2.45) is 5.92 Å². The van der Waals surface area contributed by atoms with E-state index < -0.39 is 0 Å². The molecule has 7 heteroatoms. The number of amides is 2. The van der Waals surface area contributed by atoms with Crippen molar-refractivity contribution in [3.05, 3.63) is 42.5 Å². The quantitative estimate of drug-likeness (QED) is 0.903. The third-order valence-corrected chi connectivity index (χ3v) is 4.19. The smallest absolute Gasteiger partial charge is 0.229 e. The van der Waals surface area contributed by atoms with Gasteiger partial charge in [-0.3, -0.25) is 9.59 Å². The summed E-state index contributed by atoms with van der Waals surface area (Å²) in [5.74, 6) is -0.335. The van der Waals surface area contributed by atoms with E-state index >= 15 is 0 Å². The molecule has 1 fully saturated rings. The number of nitrogens with one attached hydrogen (secondary N) is 1. The lowest BCUT2D eigenvalue weighted by molar-refractivity contribution is -0.129. The Bertz CT molecular complexity index is 709. The zero-order valence-corrected chi connectivity index (χ0v) is 13.8. The summed E-state index contributed by atoms with van der Waals surface area (Å²) in [6.45, 7) is 5.06. The number of carbonyl (C=O) groups excluding carboxylic acids is 2. The molecule has 3 rings (SSSR count). The number of benzene rings is 1. The molecule has 2 amide bonds. The molecule has 7 nitrogen and oxygen atoms in total. The molecule has 1 N–H and O–H groups in total. The predicted molar refractivity (Wildman–Crippen MR) is 89.2 cm³/mol. The second-order valence-electron chi connectivity index (χ2n) is 6.32. The minimum atomic E-state index is -0.283. The van der Waals surface area contributed by atoms with Gasteiger partial charge >= 0.3 is 0 Å². The van der Waals surface area contributed by atoms with E-state index in [1.165, 1.54) is 6.33 Å². The second-order valence-corrected chi connectivity index (χ2v) is 6.32. The molecular weight excluding hydrogens is 306 g/mol. The third-order valence-electron chi connectivity index (χ3n) is 4.19. The summed E-state index contributed by atoms with van der Waals surface area (Å²) in [5.41, 5.74) is 1.80. The number of hydrogen-bond acceptors (Lipinski definition) is 4. The Morgan fingerprint density at radius 1 is 1.33 bits per heavy atom. The zero-order valence-electron chi connectivity index (χ0n) is 13.8. The molecule has 0 spiro atoms. The molecule has 1 aliphatic heterocycles. The first kappa shape index (κ1) is 16.2. The van der Waals surface area contributed by atoms with E-state index in [0.717, 1.165) is 11.3 Å². The number of aromatic nitrogens is 3. The molecule has 126 valence electrons. The van der Waals surface area contributed by atoms with Gasteiger partial charge in [-0.05, 0) is 31.5 Å². The number of nitrogens with zero attached hydrogens (tertiary/aromatic N) is 4. The molecule has 0 bridgehead atoms. The molecule has 1 atom stereocenters. The van der Waals surface area contributed by atoms with Gasteiger partial charge in [-0.2, -0.15) is 5.10 Å². The molecule has 0 saturated carbocycles. The van der Waals surface area contributed by atoms with Crippen molar-refractivity contribution < 1.29 is 9.59 Å². The van der Waals surface area contributed by atoms with Crippen molar-refractivity contribution in [3.63, 3.8) is 0 Å². The van der Waals surface area contributed by atoms with Crippen LogP contribution in [0.15, 0.2) is 36.9 Å². The molecule has 0 aliphatic carbocycles. The van der Waals surface area contributed by atoms with Crippen LogP contribution in [0.3, 0.4) is 0 Å². The molecule has 1 aromatic carbocycles. The Morgan fingerprint density at radius 2 is 2.08 bits per heavy atom. The summed E-state index contributed by atoms with van der Waals surface area (Å²) in [4.78, 5) is 29.9. The van der Waals surface area contributed by atoms with Crippen molar-refractivity contribution in [2.75, 3.05) is 11.9 Å². The molecule has 1 aromatic heterocycles. The largest absolute Gasteiger partial charge is 0.339 e. The number of hydrogen-bond donors (Lipinski definition) is 1. The van der Waals surface area contributed by atoms with Crippen LogP contribution >= 0.6 is 0 Å². The summed E-state index contributed by atoms with van der Waals surface area (Å²) in [6, 6.07) is 7.74. The first-order chi connectivity index (χ1) is 11.5. The maximum atomic E-state index is 12.4. The van der Waals surface area contributed by atoms with Crippen LogP contribution in [0.2, 0.25) is 0 Å². The van der Waals surface area contributed by atoms with Crippen molar-refractivity contribution in [3.8, 4) is 0 Å². The Labute approximate surface area is 140 Å². The minimum absolute atomic E-state index is 0.0494. The third kappa shape index (κ3) is 3.61. The van der Waals surface area contributed by atoms with Gasteiger partial charge in [0.25, 0.3) is 0 Å². The fourth-order valence-corrected chi connectivity index (χ4v) is 2.85. The average Bonchev–Trinajstić information content (AvgIpc) is 3.18. The number of likely N-dealkylation sites (tertiary alicyclic amines) is 1. The van der Waals surface area contributed by atoms with Gasteiger partial charge < -0.3 is 10.2 Å². The molecule has 1 aliphatic rings. The van der Waals surface area contributed by atoms with Crippen LogP contribution < -0.4 is 5.32 Å². The molecule has 2 heterocycles. The van der Waals surface area contributed by atoms with Crippen LogP contribution in [0, 0.1) is 5.92 Å². The van der Waals surface area contributed by atoms with E-state index in [1.807, 2.05) is 38.1 Å². The first-order valence-electron chi connectivity index (χ1n) is 8.04. The number of anilines is 1. The lowest BCUT2D eigenvalue weighted by Crippen LogP contribution is -2.33. The molecule has 24 heavy (non-hydrogen) atoms. The fraction of sp³-hybridized carbons (Fsp3) is 0.412. The molecular formula is C17H21N5O2. The summed E-state index contributed by atoms with van der Waals surface area (Å²) in [6.07, 6.45) is 3.44. The molecule has 1 unspecified atom stereocenters. The predicted octanol–water partition coefficient (Wildman–Crippen LogP) is 1.52. The lowest BCUT2D eigenvalue weighted by Gasteiger charge is -2.20. The highest BCUT2D eigenvalue weighted by Crippen LogP contribution is 2.22. The van der Waals surface area contributed by atoms with Gasteiger partial charge in [0.15, 0.2) is 0 Å². The van der Waals surface area contributed by atoms with Gasteiger partial charge in [0, 0.05) is 24.7 Å². The summed E-state index contributed by atoms with van der Waals surface area (Å²) in [5, 5.41) is 6.96. The molecule has 2 aromatic rings. The van der Waals surface area contributed by atoms with Crippen molar-refractivity contribution in [1.29, 1.82) is 0 Å². The topological polar surface area (TPSA) is 80.1 Å². The maximum Gasteiger partial charge on any atom is 0.229 e. The first-order valence-corrected chi connectivity index (χ1v) is 8.04. The number of rotatable bonds is 5.